The third kappa shape index (κ3) is 1.84. The average Bonchev–Trinajstić information content (AvgIpc) is 1.62. The summed E-state index contributed by atoms with van der Waals surface area (Å²) in [6, 6.07) is 0. The number of halogens is 5. The Morgan fingerprint density at radius 3 is 1.60 bits per heavy atom. The second-order valence-electron chi connectivity index (χ2n) is 1.44. The summed E-state index contributed by atoms with van der Waals surface area (Å²) < 4.78 is 20.9. The number of carbonyl (C=O) groups excluding carboxylic acids is 1. The van der Waals surface area contributed by atoms with Crippen molar-refractivity contribution in [2.24, 2.45) is 5.73 Å². The van der Waals surface area contributed by atoms with Gasteiger partial charge in [0.1, 0.15) is 0 Å². The van der Waals surface area contributed by atoms with Gasteiger partial charge in [0, 0.05) is 0 Å². The first-order valence-corrected chi connectivity index (χ1v) is 3.07. The molecule has 0 spiro atoms. The fourth-order valence-corrected chi connectivity index (χ4v) is 0.233. The quantitative estimate of drug-likeness (QED) is 0.692. The highest BCUT2D eigenvalue weighted by atomic mass is 35.5. The van der Waals surface area contributed by atoms with Gasteiger partial charge in [-0.2, -0.15) is 8.78 Å². The molecule has 0 fully saturated rings. The summed E-state index contributed by atoms with van der Waals surface area (Å²) in [7, 11) is 0. The molecule has 0 bridgehead atoms. The Bertz CT molecular complexity index is 154. The van der Waals surface area contributed by atoms with Crippen molar-refractivity contribution in [1.29, 1.82) is 0 Å². The van der Waals surface area contributed by atoms with Crippen molar-refractivity contribution in [3.63, 3.8) is 0 Å². The van der Waals surface area contributed by atoms with Crippen molar-refractivity contribution in [1.82, 2.24) is 0 Å². The van der Waals surface area contributed by atoms with Gasteiger partial charge in [-0.05, 0) is 11.6 Å². The van der Waals surface area contributed by atoms with E-state index in [9.17, 15) is 13.6 Å². The Hall–Kier alpha value is 0.200. The van der Waals surface area contributed by atoms with Crippen LogP contribution in [0.2, 0.25) is 0 Å². The smallest absolute Gasteiger partial charge is 0.363 e. The van der Waals surface area contributed by atoms with Gasteiger partial charge in [0.15, 0.2) is 0 Å². The van der Waals surface area contributed by atoms with Gasteiger partial charge in [-0.15, -0.1) is 0 Å². The van der Waals surface area contributed by atoms with Gasteiger partial charge in [-0.3, -0.25) is 4.79 Å². The van der Waals surface area contributed by atoms with Crippen LogP contribution >= 0.6 is 34.8 Å². The maximum atomic E-state index is 12.0. The third-order valence-corrected chi connectivity index (χ3v) is 1.99. The molecule has 0 aliphatic rings. The van der Waals surface area contributed by atoms with Crippen LogP contribution in [0.1, 0.15) is 0 Å². The molecule has 0 aromatic heterocycles. The summed E-state index contributed by atoms with van der Waals surface area (Å²) in [5.74, 6) is -1.59. The highest BCUT2D eigenvalue weighted by Crippen LogP contribution is 2.41. The summed E-state index contributed by atoms with van der Waals surface area (Å²) in [5.41, 5.74) is 4.39. The first-order chi connectivity index (χ1) is 4.19. The fourth-order valence-electron chi connectivity index (χ4n) is 0.140. The number of primary amides is 1. The van der Waals surface area contributed by atoms with E-state index >= 15 is 0 Å². The number of carbonyl (C=O) groups is 1. The number of alkyl halides is 5. The van der Waals surface area contributed by atoms with E-state index in [1.54, 1.807) is 0 Å². The zero-order valence-corrected chi connectivity index (χ0v) is 6.64. The lowest BCUT2D eigenvalue weighted by Gasteiger charge is -2.19. The predicted molar refractivity (Wildman–Crippen MR) is 34.4 cm³/mol. The van der Waals surface area contributed by atoms with Gasteiger partial charge in [-0.25, -0.2) is 0 Å². The lowest BCUT2D eigenvalue weighted by molar-refractivity contribution is -0.122. The first-order valence-electron chi connectivity index (χ1n) is 1.94. The molecule has 0 heterocycles. The highest BCUT2D eigenvalue weighted by Gasteiger charge is 2.55. The van der Waals surface area contributed by atoms with E-state index in [2.05, 4.69) is 17.3 Å². The van der Waals surface area contributed by atoms with Crippen molar-refractivity contribution in [3.8, 4) is 0 Å². The number of hydrogen-bond donors (Lipinski definition) is 1. The van der Waals surface area contributed by atoms with Crippen LogP contribution in [0, 0.1) is 0 Å². The molecule has 0 aromatic carbocycles. The van der Waals surface area contributed by atoms with Crippen LogP contribution in [0.4, 0.5) is 8.78 Å². The minimum Gasteiger partial charge on any atom is -0.367 e. The minimum absolute atomic E-state index is 1.59. The van der Waals surface area contributed by atoms with Gasteiger partial charge < -0.3 is 5.73 Å². The monoisotopic (exact) mass is 211 g/mol. The van der Waals surface area contributed by atoms with Crippen molar-refractivity contribution in [2.75, 3.05) is 0 Å². The van der Waals surface area contributed by atoms with Crippen molar-refractivity contribution in [3.05, 3.63) is 0 Å². The molecule has 0 rings (SSSR count). The summed E-state index contributed by atoms with van der Waals surface area (Å²) in [6.45, 7) is 0. The summed E-state index contributed by atoms with van der Waals surface area (Å²) in [6.07, 6.45) is 0. The highest BCUT2D eigenvalue weighted by molar-refractivity contribution is 6.61. The topological polar surface area (TPSA) is 43.1 Å². The molecule has 1 amide bonds. The molecule has 2 nitrogen and oxygen atoms in total. The van der Waals surface area contributed by atoms with E-state index < -0.39 is 15.6 Å². The van der Waals surface area contributed by atoms with Crippen LogP contribution in [0.3, 0.4) is 0 Å². The minimum atomic E-state index is -4.05. The molecule has 10 heavy (non-hydrogen) atoms. The second-order valence-corrected chi connectivity index (χ2v) is 3.24. The number of nitrogens with two attached hydrogens (primary N) is 1. The normalized spacial score (nSPS) is 13.3. The van der Waals surface area contributed by atoms with E-state index in [4.69, 9.17) is 23.2 Å². The molecule has 0 aromatic rings. The molecule has 0 atom stereocenters. The Labute approximate surface area is 70.2 Å². The molecule has 0 saturated carbocycles. The Morgan fingerprint density at radius 2 is 1.60 bits per heavy atom. The SMILES string of the molecule is NC(=O)C(Cl)(Cl)C(F)(F)Cl. The van der Waals surface area contributed by atoms with E-state index in [-0.39, 0.29) is 0 Å². The molecular formula is C3H2Cl3F2NO. The second kappa shape index (κ2) is 2.68. The zero-order valence-electron chi connectivity index (χ0n) is 4.38. The number of amides is 1. The van der Waals surface area contributed by atoms with Crippen LogP contribution < -0.4 is 5.73 Å². The van der Waals surface area contributed by atoms with E-state index in [1.807, 2.05) is 0 Å². The van der Waals surface area contributed by atoms with Gasteiger partial charge in [-0.1, -0.05) is 23.2 Å². The standard InChI is InChI=1S/C3H2Cl3F2NO/c4-2(5,1(9)10)3(6,7)8/h(H2,9,10). The molecule has 0 aliphatic carbocycles. The molecule has 0 saturated heterocycles. The van der Waals surface area contributed by atoms with E-state index in [0.29, 0.717) is 0 Å². The lowest BCUT2D eigenvalue weighted by Crippen LogP contribution is -2.45. The summed E-state index contributed by atoms with van der Waals surface area (Å²) in [4.78, 5) is 10.1. The Morgan fingerprint density at radius 1 is 1.30 bits per heavy atom. The largest absolute Gasteiger partial charge is 0.367 e. The molecule has 60 valence electrons. The van der Waals surface area contributed by atoms with Gasteiger partial charge in [0.05, 0.1) is 0 Å². The van der Waals surface area contributed by atoms with E-state index in [0.717, 1.165) is 0 Å². The van der Waals surface area contributed by atoms with Crippen LogP contribution in [-0.2, 0) is 4.79 Å². The first kappa shape index (κ1) is 10.2. The molecular weight excluding hydrogens is 210 g/mol. The van der Waals surface area contributed by atoms with Gasteiger partial charge in [0.25, 0.3) is 10.2 Å². The van der Waals surface area contributed by atoms with Crippen LogP contribution in [0.5, 0.6) is 0 Å². The maximum Gasteiger partial charge on any atom is 0.363 e. The molecule has 0 aliphatic heterocycles. The van der Waals surface area contributed by atoms with E-state index in [1.165, 1.54) is 0 Å². The number of rotatable bonds is 2. The van der Waals surface area contributed by atoms with Crippen molar-refractivity contribution >= 4 is 40.7 Å². The average molecular weight is 212 g/mol. The molecule has 0 unspecified atom stereocenters. The molecule has 2 N–H and O–H groups in total. The summed E-state index contributed by atoms with van der Waals surface area (Å²) >= 11 is 13.8. The van der Waals surface area contributed by atoms with Crippen LogP contribution in [0.15, 0.2) is 0 Å². The number of hydrogen-bond acceptors (Lipinski definition) is 1. The van der Waals surface area contributed by atoms with Gasteiger partial charge in [0.2, 0.25) is 0 Å². The molecule has 0 radical (unpaired) electrons. The summed E-state index contributed by atoms with van der Waals surface area (Å²) in [5, 5.41) is -4.05. The molecule has 7 heteroatoms. The fraction of sp³-hybridized carbons (Fsp3) is 0.667. The van der Waals surface area contributed by atoms with Crippen molar-refractivity contribution < 1.29 is 13.6 Å². The van der Waals surface area contributed by atoms with Gasteiger partial charge >= 0.3 is 5.38 Å². The van der Waals surface area contributed by atoms with Crippen LogP contribution in [0.25, 0.3) is 0 Å². The lowest BCUT2D eigenvalue weighted by atomic mass is 10.4. The zero-order chi connectivity index (χ0) is 8.58. The van der Waals surface area contributed by atoms with Crippen molar-refractivity contribution in [2.45, 2.75) is 9.72 Å². The Balaban J connectivity index is 4.57. The third-order valence-electron chi connectivity index (χ3n) is 0.665. The predicted octanol–water partition coefficient (Wildman–Crippen LogP) is 1.48. The maximum absolute atomic E-state index is 12.0. The Kier molecular flexibility index (Phi) is 2.73. The van der Waals surface area contributed by atoms with Crippen LogP contribution in [-0.4, -0.2) is 15.6 Å².